The SMILES string of the molecule is CCc1nn(C2CCCCC2)c2cc(C3CCC(C(=O)O)CC3)ccc12. The maximum atomic E-state index is 11.2. The first-order valence-electron chi connectivity index (χ1n) is 10.4. The lowest BCUT2D eigenvalue weighted by molar-refractivity contribution is -0.142. The second-order valence-corrected chi connectivity index (χ2v) is 8.20. The van der Waals surface area contributed by atoms with Gasteiger partial charge in [0.25, 0.3) is 0 Å². The monoisotopic (exact) mass is 354 g/mol. The van der Waals surface area contributed by atoms with Crippen LogP contribution < -0.4 is 0 Å². The quantitative estimate of drug-likeness (QED) is 0.793. The van der Waals surface area contributed by atoms with Gasteiger partial charge in [0.1, 0.15) is 0 Å². The zero-order valence-electron chi connectivity index (χ0n) is 15.8. The fourth-order valence-electron chi connectivity index (χ4n) is 5.01. The van der Waals surface area contributed by atoms with Crippen molar-refractivity contribution in [3.05, 3.63) is 29.5 Å². The van der Waals surface area contributed by atoms with Gasteiger partial charge in [-0.1, -0.05) is 38.3 Å². The molecule has 2 saturated carbocycles. The van der Waals surface area contributed by atoms with Crippen LogP contribution in [-0.4, -0.2) is 20.9 Å². The number of benzene rings is 1. The number of carboxylic acids is 1. The summed E-state index contributed by atoms with van der Waals surface area (Å²) in [6.07, 6.45) is 11.0. The molecule has 4 rings (SSSR count). The molecule has 0 spiro atoms. The standard InChI is InChI=1S/C22H30N2O2/c1-2-20-19-13-12-17(15-8-10-16(11-9-15)22(25)26)14-21(19)24(23-20)18-6-4-3-5-7-18/h12-16,18H,2-11H2,1H3,(H,25,26). The van der Waals surface area contributed by atoms with Gasteiger partial charge in [0.15, 0.2) is 0 Å². The maximum absolute atomic E-state index is 11.2. The van der Waals surface area contributed by atoms with Crippen LogP contribution >= 0.6 is 0 Å². The first kappa shape index (κ1) is 17.6. The van der Waals surface area contributed by atoms with Gasteiger partial charge in [-0.05, 0) is 62.5 Å². The fraction of sp³-hybridized carbons (Fsp3) is 0.636. The molecular weight excluding hydrogens is 324 g/mol. The van der Waals surface area contributed by atoms with Gasteiger partial charge < -0.3 is 5.11 Å². The molecule has 1 aromatic heterocycles. The summed E-state index contributed by atoms with van der Waals surface area (Å²) in [5.41, 5.74) is 3.89. The van der Waals surface area contributed by atoms with Crippen LogP contribution in [0.5, 0.6) is 0 Å². The van der Waals surface area contributed by atoms with Crippen molar-refractivity contribution in [2.45, 2.75) is 83.1 Å². The molecule has 0 unspecified atom stereocenters. The van der Waals surface area contributed by atoms with Crippen molar-refractivity contribution in [2.75, 3.05) is 0 Å². The van der Waals surface area contributed by atoms with Gasteiger partial charge in [0.05, 0.1) is 23.2 Å². The molecule has 1 aromatic carbocycles. The van der Waals surface area contributed by atoms with E-state index in [2.05, 4.69) is 29.8 Å². The fourth-order valence-corrected chi connectivity index (χ4v) is 5.01. The topological polar surface area (TPSA) is 55.1 Å². The molecule has 2 aromatic rings. The van der Waals surface area contributed by atoms with E-state index in [0.717, 1.165) is 32.1 Å². The highest BCUT2D eigenvalue weighted by Crippen LogP contribution is 2.38. The third-order valence-electron chi connectivity index (χ3n) is 6.61. The summed E-state index contributed by atoms with van der Waals surface area (Å²) in [4.78, 5) is 11.2. The molecule has 2 fully saturated rings. The minimum atomic E-state index is -0.623. The Bertz CT molecular complexity index is 781. The maximum Gasteiger partial charge on any atom is 0.306 e. The number of aryl methyl sites for hydroxylation is 1. The average molecular weight is 354 g/mol. The number of hydrogen-bond acceptors (Lipinski definition) is 2. The van der Waals surface area contributed by atoms with Crippen molar-refractivity contribution in [3.8, 4) is 0 Å². The Labute approximate surface area is 155 Å². The van der Waals surface area contributed by atoms with Crippen molar-refractivity contribution < 1.29 is 9.90 Å². The van der Waals surface area contributed by atoms with Crippen LogP contribution in [0.4, 0.5) is 0 Å². The van der Waals surface area contributed by atoms with E-state index in [0.29, 0.717) is 12.0 Å². The van der Waals surface area contributed by atoms with E-state index >= 15 is 0 Å². The van der Waals surface area contributed by atoms with Crippen LogP contribution in [0.1, 0.15) is 87.9 Å². The van der Waals surface area contributed by atoms with Crippen LogP contribution in [0.15, 0.2) is 18.2 Å². The highest BCUT2D eigenvalue weighted by molar-refractivity contribution is 5.83. The Balaban J connectivity index is 1.64. The molecular formula is C22H30N2O2. The number of nitrogens with zero attached hydrogens (tertiary/aromatic N) is 2. The van der Waals surface area contributed by atoms with Crippen LogP contribution in [-0.2, 0) is 11.2 Å². The van der Waals surface area contributed by atoms with Crippen LogP contribution in [0, 0.1) is 5.92 Å². The summed E-state index contributed by atoms with van der Waals surface area (Å²) < 4.78 is 2.32. The van der Waals surface area contributed by atoms with E-state index in [4.69, 9.17) is 5.10 Å². The Hall–Kier alpha value is -1.84. The summed E-state index contributed by atoms with van der Waals surface area (Å²) >= 11 is 0. The molecule has 4 nitrogen and oxygen atoms in total. The normalized spacial score (nSPS) is 24.8. The molecule has 0 radical (unpaired) electrons. The molecule has 26 heavy (non-hydrogen) atoms. The lowest BCUT2D eigenvalue weighted by Gasteiger charge is -2.27. The molecule has 0 bridgehead atoms. The zero-order valence-corrected chi connectivity index (χ0v) is 15.8. The highest BCUT2D eigenvalue weighted by atomic mass is 16.4. The number of carbonyl (C=O) groups is 1. The summed E-state index contributed by atoms with van der Waals surface area (Å²) in [6, 6.07) is 7.44. The van der Waals surface area contributed by atoms with Gasteiger partial charge in [-0.2, -0.15) is 5.10 Å². The smallest absolute Gasteiger partial charge is 0.306 e. The van der Waals surface area contributed by atoms with Crippen molar-refractivity contribution in [1.82, 2.24) is 9.78 Å². The number of hydrogen-bond donors (Lipinski definition) is 1. The lowest BCUT2D eigenvalue weighted by atomic mass is 9.78. The molecule has 2 aliphatic carbocycles. The average Bonchev–Trinajstić information content (AvgIpc) is 3.06. The molecule has 1 N–H and O–H groups in total. The van der Waals surface area contributed by atoms with Crippen molar-refractivity contribution >= 4 is 16.9 Å². The number of carboxylic acid groups (broad SMARTS) is 1. The molecule has 0 aliphatic heterocycles. The second kappa shape index (κ2) is 7.42. The van der Waals surface area contributed by atoms with E-state index in [1.54, 1.807) is 0 Å². The summed E-state index contributed by atoms with van der Waals surface area (Å²) in [6.45, 7) is 2.19. The third kappa shape index (κ3) is 3.26. The van der Waals surface area contributed by atoms with Crippen molar-refractivity contribution in [1.29, 1.82) is 0 Å². The van der Waals surface area contributed by atoms with Gasteiger partial charge in [-0.25, -0.2) is 0 Å². The number of aromatic nitrogens is 2. The molecule has 0 amide bonds. The number of fused-ring (bicyclic) bond motifs is 1. The Kier molecular flexibility index (Phi) is 5.01. The molecule has 0 saturated heterocycles. The Morgan fingerprint density at radius 2 is 1.85 bits per heavy atom. The summed E-state index contributed by atoms with van der Waals surface area (Å²) in [5, 5.41) is 15.5. The molecule has 4 heteroatoms. The Morgan fingerprint density at radius 1 is 1.12 bits per heavy atom. The third-order valence-corrected chi connectivity index (χ3v) is 6.61. The molecule has 140 valence electrons. The first-order chi connectivity index (χ1) is 12.7. The van der Waals surface area contributed by atoms with E-state index in [1.807, 2.05) is 0 Å². The first-order valence-corrected chi connectivity index (χ1v) is 10.4. The van der Waals surface area contributed by atoms with Crippen molar-refractivity contribution in [3.63, 3.8) is 0 Å². The van der Waals surface area contributed by atoms with Gasteiger partial charge in [0, 0.05) is 5.39 Å². The predicted molar refractivity (Wildman–Crippen MR) is 104 cm³/mol. The largest absolute Gasteiger partial charge is 0.481 e. The van der Waals surface area contributed by atoms with E-state index in [1.165, 1.54) is 54.3 Å². The summed E-state index contributed by atoms with van der Waals surface area (Å²) in [7, 11) is 0. The highest BCUT2D eigenvalue weighted by Gasteiger charge is 2.27. The number of aliphatic carboxylic acids is 1. The zero-order chi connectivity index (χ0) is 18.1. The predicted octanol–water partition coefficient (Wildman–Crippen LogP) is 5.46. The van der Waals surface area contributed by atoms with Crippen molar-refractivity contribution in [2.24, 2.45) is 5.92 Å². The lowest BCUT2D eigenvalue weighted by Crippen LogP contribution is -2.20. The number of rotatable bonds is 4. The van der Waals surface area contributed by atoms with Gasteiger partial charge in [-0.15, -0.1) is 0 Å². The molecule has 1 heterocycles. The van der Waals surface area contributed by atoms with Gasteiger partial charge in [0.2, 0.25) is 0 Å². The van der Waals surface area contributed by atoms with Crippen LogP contribution in [0.25, 0.3) is 10.9 Å². The van der Waals surface area contributed by atoms with E-state index < -0.39 is 5.97 Å². The van der Waals surface area contributed by atoms with E-state index in [9.17, 15) is 9.90 Å². The minimum absolute atomic E-state index is 0.144. The molecule has 0 atom stereocenters. The van der Waals surface area contributed by atoms with Crippen LogP contribution in [0.2, 0.25) is 0 Å². The Morgan fingerprint density at radius 3 is 2.50 bits per heavy atom. The van der Waals surface area contributed by atoms with Gasteiger partial charge in [-0.3, -0.25) is 9.48 Å². The van der Waals surface area contributed by atoms with E-state index in [-0.39, 0.29) is 5.92 Å². The van der Waals surface area contributed by atoms with Crippen LogP contribution in [0.3, 0.4) is 0 Å². The summed E-state index contributed by atoms with van der Waals surface area (Å²) in [5.74, 6) is -0.272. The molecule has 2 aliphatic rings. The van der Waals surface area contributed by atoms with Gasteiger partial charge >= 0.3 is 5.97 Å². The second-order valence-electron chi connectivity index (χ2n) is 8.20. The minimum Gasteiger partial charge on any atom is -0.481 e.